The highest BCUT2D eigenvalue weighted by Crippen LogP contribution is 2.19. The molecule has 0 saturated carbocycles. The van der Waals surface area contributed by atoms with Gasteiger partial charge in [-0.1, -0.05) is 18.2 Å². The number of rotatable bonds is 6. The van der Waals surface area contributed by atoms with Crippen LogP contribution in [-0.4, -0.2) is 40.0 Å². The van der Waals surface area contributed by atoms with Gasteiger partial charge in [0.05, 0.1) is 6.54 Å². The number of nitrogens with one attached hydrogen (secondary N) is 1. The smallest absolute Gasteiger partial charge is 0.251 e. The van der Waals surface area contributed by atoms with Crippen molar-refractivity contribution < 1.29 is 4.79 Å². The van der Waals surface area contributed by atoms with Gasteiger partial charge in [0, 0.05) is 37.1 Å². The van der Waals surface area contributed by atoms with Gasteiger partial charge in [-0.05, 0) is 51.3 Å². The summed E-state index contributed by atoms with van der Waals surface area (Å²) in [4.78, 5) is 19.2. The first kappa shape index (κ1) is 17.7. The van der Waals surface area contributed by atoms with Gasteiger partial charge in [0.15, 0.2) is 0 Å². The second-order valence-electron chi connectivity index (χ2n) is 7.16. The van der Waals surface area contributed by atoms with E-state index in [0.29, 0.717) is 12.0 Å². The number of carbonyl (C=O) groups excluding carboxylic acids is 1. The zero-order chi connectivity index (χ0) is 17.6. The summed E-state index contributed by atoms with van der Waals surface area (Å²) < 4.78 is 2.24. The van der Waals surface area contributed by atoms with Gasteiger partial charge in [0.25, 0.3) is 5.91 Å². The minimum Gasteiger partial charge on any atom is -0.352 e. The zero-order valence-electron chi connectivity index (χ0n) is 15.2. The van der Waals surface area contributed by atoms with Crippen molar-refractivity contribution in [2.45, 2.75) is 39.3 Å². The molecule has 1 saturated heterocycles. The van der Waals surface area contributed by atoms with Crippen LogP contribution in [0.4, 0.5) is 0 Å². The van der Waals surface area contributed by atoms with E-state index in [1.165, 1.54) is 12.8 Å². The summed E-state index contributed by atoms with van der Waals surface area (Å²) >= 11 is 0. The van der Waals surface area contributed by atoms with Crippen molar-refractivity contribution in [3.63, 3.8) is 0 Å². The largest absolute Gasteiger partial charge is 0.352 e. The van der Waals surface area contributed by atoms with Crippen LogP contribution in [-0.2, 0) is 6.54 Å². The maximum atomic E-state index is 12.2. The van der Waals surface area contributed by atoms with Crippen LogP contribution in [0.3, 0.4) is 0 Å². The highest BCUT2D eigenvalue weighted by atomic mass is 16.1. The average Bonchev–Trinajstić information content (AvgIpc) is 3.09. The Labute approximate surface area is 150 Å². The van der Waals surface area contributed by atoms with Crippen LogP contribution in [0.2, 0.25) is 0 Å². The van der Waals surface area contributed by atoms with Crippen LogP contribution in [0.5, 0.6) is 0 Å². The number of imidazole rings is 1. The third-order valence-electron chi connectivity index (χ3n) is 4.86. The van der Waals surface area contributed by atoms with E-state index in [1.807, 2.05) is 36.5 Å². The number of aromatic nitrogens is 2. The lowest BCUT2D eigenvalue weighted by atomic mass is 9.98. The van der Waals surface area contributed by atoms with Crippen LogP contribution in [0, 0.1) is 5.92 Å². The lowest BCUT2D eigenvalue weighted by Crippen LogP contribution is -2.41. The van der Waals surface area contributed by atoms with Gasteiger partial charge in [-0.3, -0.25) is 9.69 Å². The van der Waals surface area contributed by atoms with Crippen LogP contribution in [0.1, 0.15) is 48.9 Å². The van der Waals surface area contributed by atoms with Crippen molar-refractivity contribution in [1.82, 2.24) is 19.8 Å². The van der Waals surface area contributed by atoms with Crippen molar-refractivity contribution in [2.24, 2.45) is 5.92 Å². The standard InChI is InChI=1S/C20H28N4O/c1-16(2)24-12-10-21-19(24)15-23-11-6-7-17(14-23)13-22-20(25)18-8-4-3-5-9-18/h3-5,8-10,12,16-17H,6-7,11,13-15H2,1-2H3,(H,22,25). The minimum atomic E-state index is 0.0214. The number of hydrogen-bond donors (Lipinski definition) is 1. The van der Waals surface area contributed by atoms with Gasteiger partial charge in [-0.15, -0.1) is 0 Å². The molecule has 3 rings (SSSR count). The first-order valence-electron chi connectivity index (χ1n) is 9.21. The van der Waals surface area contributed by atoms with Crippen molar-refractivity contribution in [3.8, 4) is 0 Å². The lowest BCUT2D eigenvalue weighted by Gasteiger charge is -2.32. The summed E-state index contributed by atoms with van der Waals surface area (Å²) in [6.07, 6.45) is 6.29. The maximum Gasteiger partial charge on any atom is 0.251 e. The molecule has 1 N–H and O–H groups in total. The molecule has 0 spiro atoms. The van der Waals surface area contributed by atoms with E-state index < -0.39 is 0 Å². The minimum absolute atomic E-state index is 0.0214. The molecule has 1 aromatic carbocycles. The number of piperidine rings is 1. The van der Waals surface area contributed by atoms with E-state index in [2.05, 4.69) is 39.8 Å². The third kappa shape index (κ3) is 4.69. The summed E-state index contributed by atoms with van der Waals surface area (Å²) in [5, 5.41) is 3.09. The third-order valence-corrected chi connectivity index (χ3v) is 4.86. The van der Waals surface area contributed by atoms with E-state index in [9.17, 15) is 4.79 Å². The Hall–Kier alpha value is -2.14. The molecule has 2 heterocycles. The molecule has 1 fully saturated rings. The average molecular weight is 340 g/mol. The number of nitrogens with zero attached hydrogens (tertiary/aromatic N) is 3. The molecule has 1 atom stereocenters. The van der Waals surface area contributed by atoms with Crippen molar-refractivity contribution in [3.05, 3.63) is 54.1 Å². The normalized spacial score (nSPS) is 18.4. The number of benzene rings is 1. The van der Waals surface area contributed by atoms with E-state index in [0.717, 1.165) is 37.6 Å². The van der Waals surface area contributed by atoms with Gasteiger partial charge in [-0.25, -0.2) is 4.98 Å². The molecule has 1 unspecified atom stereocenters. The fraction of sp³-hybridized carbons (Fsp3) is 0.500. The molecule has 1 aliphatic rings. The molecular formula is C20H28N4O. The van der Waals surface area contributed by atoms with Crippen LogP contribution in [0.25, 0.3) is 0 Å². The highest BCUT2D eigenvalue weighted by Gasteiger charge is 2.22. The van der Waals surface area contributed by atoms with Crippen molar-refractivity contribution in [2.75, 3.05) is 19.6 Å². The molecule has 0 radical (unpaired) electrons. The second-order valence-corrected chi connectivity index (χ2v) is 7.16. The number of amides is 1. The Bertz CT molecular complexity index is 680. The summed E-state index contributed by atoms with van der Waals surface area (Å²) in [6, 6.07) is 9.87. The monoisotopic (exact) mass is 340 g/mol. The number of carbonyl (C=O) groups is 1. The predicted molar refractivity (Wildman–Crippen MR) is 99.4 cm³/mol. The Balaban J connectivity index is 1.51. The summed E-state index contributed by atoms with van der Waals surface area (Å²) in [7, 11) is 0. The molecular weight excluding hydrogens is 312 g/mol. The zero-order valence-corrected chi connectivity index (χ0v) is 15.2. The molecule has 0 aliphatic carbocycles. The number of hydrogen-bond acceptors (Lipinski definition) is 3. The Kier molecular flexibility index (Phi) is 5.87. The molecule has 5 heteroatoms. The van der Waals surface area contributed by atoms with Crippen LogP contribution in [0.15, 0.2) is 42.7 Å². The van der Waals surface area contributed by atoms with Gasteiger partial charge < -0.3 is 9.88 Å². The van der Waals surface area contributed by atoms with Gasteiger partial charge >= 0.3 is 0 Å². The molecule has 25 heavy (non-hydrogen) atoms. The van der Waals surface area contributed by atoms with Crippen molar-refractivity contribution in [1.29, 1.82) is 0 Å². The molecule has 5 nitrogen and oxygen atoms in total. The van der Waals surface area contributed by atoms with Crippen molar-refractivity contribution >= 4 is 5.91 Å². The van der Waals surface area contributed by atoms with Gasteiger partial charge in [0.1, 0.15) is 5.82 Å². The summed E-state index contributed by atoms with van der Waals surface area (Å²) in [6.45, 7) is 8.11. The van der Waals surface area contributed by atoms with Crippen LogP contribution < -0.4 is 5.32 Å². The fourth-order valence-electron chi connectivity index (χ4n) is 3.53. The molecule has 134 valence electrons. The van der Waals surface area contributed by atoms with E-state index >= 15 is 0 Å². The molecule has 1 aromatic heterocycles. The molecule has 1 aliphatic heterocycles. The lowest BCUT2D eigenvalue weighted by molar-refractivity contribution is 0.0929. The van der Waals surface area contributed by atoms with E-state index in [4.69, 9.17) is 0 Å². The molecule has 2 aromatic rings. The fourth-order valence-corrected chi connectivity index (χ4v) is 3.53. The Morgan fingerprint density at radius 1 is 1.32 bits per heavy atom. The second kappa shape index (κ2) is 8.30. The Morgan fingerprint density at radius 3 is 2.88 bits per heavy atom. The Morgan fingerprint density at radius 2 is 2.12 bits per heavy atom. The van der Waals surface area contributed by atoms with E-state index in [1.54, 1.807) is 0 Å². The SMILES string of the molecule is CC(C)n1ccnc1CN1CCCC(CNC(=O)c2ccccc2)C1. The molecule has 1 amide bonds. The quantitative estimate of drug-likeness (QED) is 0.879. The first-order valence-corrected chi connectivity index (χ1v) is 9.21. The molecule has 0 bridgehead atoms. The maximum absolute atomic E-state index is 12.2. The van der Waals surface area contributed by atoms with Gasteiger partial charge in [-0.2, -0.15) is 0 Å². The summed E-state index contributed by atoms with van der Waals surface area (Å²) in [5.74, 6) is 1.65. The van der Waals surface area contributed by atoms with Crippen LogP contribution >= 0.6 is 0 Å². The predicted octanol–water partition coefficient (Wildman–Crippen LogP) is 3.11. The van der Waals surface area contributed by atoms with E-state index in [-0.39, 0.29) is 5.91 Å². The summed E-state index contributed by atoms with van der Waals surface area (Å²) in [5.41, 5.74) is 0.731. The highest BCUT2D eigenvalue weighted by molar-refractivity contribution is 5.94. The number of likely N-dealkylation sites (tertiary alicyclic amines) is 1. The van der Waals surface area contributed by atoms with Gasteiger partial charge in [0.2, 0.25) is 0 Å². The first-order chi connectivity index (χ1) is 12.1. The topological polar surface area (TPSA) is 50.2 Å².